The van der Waals surface area contributed by atoms with Gasteiger partial charge in [-0.3, -0.25) is 14.5 Å². The first-order valence-electron chi connectivity index (χ1n) is 8.72. The van der Waals surface area contributed by atoms with Gasteiger partial charge in [0.1, 0.15) is 18.4 Å². The molecule has 0 unspecified atom stereocenters. The Bertz CT molecular complexity index is 976. The Morgan fingerprint density at radius 2 is 1.93 bits per heavy atom. The molecule has 1 saturated heterocycles. The Kier molecular flexibility index (Phi) is 6.76. The van der Waals surface area contributed by atoms with E-state index in [-0.39, 0.29) is 4.91 Å². The van der Waals surface area contributed by atoms with Crippen molar-refractivity contribution >= 4 is 50.9 Å². The number of methoxy groups -OCH3 is 1. The van der Waals surface area contributed by atoms with Crippen molar-refractivity contribution < 1.29 is 23.9 Å². The summed E-state index contributed by atoms with van der Waals surface area (Å²) < 4.78 is 11.2. The number of ether oxygens (including phenoxy) is 2. The lowest BCUT2D eigenvalue weighted by Crippen LogP contribution is -2.42. The number of imide groups is 1. The second-order valence-electron chi connectivity index (χ2n) is 6.21. The molecule has 0 spiro atoms. The summed E-state index contributed by atoms with van der Waals surface area (Å²) in [6.45, 7) is 1.89. The summed E-state index contributed by atoms with van der Waals surface area (Å²) in [6, 6.07) is 14.2. The highest BCUT2D eigenvalue weighted by Gasteiger charge is 2.41. The van der Waals surface area contributed by atoms with Gasteiger partial charge in [0.15, 0.2) is 0 Å². The fourth-order valence-corrected chi connectivity index (χ4v) is 4.12. The van der Waals surface area contributed by atoms with Crippen molar-refractivity contribution in [2.24, 2.45) is 0 Å². The van der Waals surface area contributed by atoms with E-state index in [0.29, 0.717) is 12.4 Å². The van der Waals surface area contributed by atoms with Gasteiger partial charge in [-0.25, -0.2) is 4.79 Å². The van der Waals surface area contributed by atoms with E-state index < -0.39 is 23.2 Å². The van der Waals surface area contributed by atoms with Gasteiger partial charge >= 0.3 is 5.97 Å². The molecule has 150 valence electrons. The lowest BCUT2D eigenvalue weighted by Gasteiger charge is -2.18. The molecule has 0 aliphatic carbocycles. The highest BCUT2D eigenvalue weighted by atomic mass is 79.9. The number of halogens is 1. The summed E-state index contributed by atoms with van der Waals surface area (Å²) in [5, 5.41) is -0.499. The first-order valence-corrected chi connectivity index (χ1v) is 10.3. The zero-order valence-corrected chi connectivity index (χ0v) is 18.2. The number of rotatable bonds is 6. The van der Waals surface area contributed by atoms with Crippen molar-refractivity contribution in [3.63, 3.8) is 0 Å². The SMILES string of the molecule is COC(=O)[C@H](C)N1C(=O)S/C(=C/c2ccc(OCc3ccccc3)c(Br)c2)C1=O. The normalized spacial score (nSPS) is 16.2. The summed E-state index contributed by atoms with van der Waals surface area (Å²) in [5.74, 6) is -0.493. The number of nitrogens with zero attached hydrogens (tertiary/aromatic N) is 1. The van der Waals surface area contributed by atoms with Crippen molar-refractivity contribution in [3.8, 4) is 5.75 Å². The minimum Gasteiger partial charge on any atom is -0.488 e. The van der Waals surface area contributed by atoms with Gasteiger partial charge in [-0.1, -0.05) is 36.4 Å². The molecule has 0 bridgehead atoms. The molecule has 1 aliphatic rings. The van der Waals surface area contributed by atoms with Crippen LogP contribution in [0.25, 0.3) is 6.08 Å². The summed E-state index contributed by atoms with van der Waals surface area (Å²) >= 11 is 4.27. The number of esters is 1. The fraction of sp³-hybridized carbons (Fsp3) is 0.190. The molecule has 2 amide bonds. The molecule has 1 fully saturated rings. The van der Waals surface area contributed by atoms with E-state index in [2.05, 4.69) is 20.7 Å². The van der Waals surface area contributed by atoms with Crippen molar-refractivity contribution in [3.05, 3.63) is 69.0 Å². The van der Waals surface area contributed by atoms with Crippen LogP contribution in [0.3, 0.4) is 0 Å². The Morgan fingerprint density at radius 1 is 1.21 bits per heavy atom. The van der Waals surface area contributed by atoms with Gasteiger partial charge in [0, 0.05) is 0 Å². The Hall–Kier alpha value is -2.58. The number of carbonyl (C=O) groups excluding carboxylic acids is 3. The molecule has 8 heteroatoms. The number of carbonyl (C=O) groups is 3. The predicted molar refractivity (Wildman–Crippen MR) is 114 cm³/mol. The molecule has 2 aromatic rings. The van der Waals surface area contributed by atoms with E-state index in [1.54, 1.807) is 24.3 Å². The number of benzene rings is 2. The average molecular weight is 476 g/mol. The molecule has 0 aromatic heterocycles. The second kappa shape index (κ2) is 9.28. The Morgan fingerprint density at radius 3 is 2.59 bits per heavy atom. The third-order valence-electron chi connectivity index (χ3n) is 4.24. The zero-order chi connectivity index (χ0) is 21.0. The van der Waals surface area contributed by atoms with E-state index in [1.807, 2.05) is 30.3 Å². The van der Waals surface area contributed by atoms with Crippen LogP contribution in [-0.4, -0.2) is 35.2 Å². The maximum atomic E-state index is 12.6. The van der Waals surface area contributed by atoms with Crippen LogP contribution in [0.5, 0.6) is 5.75 Å². The molecular weight excluding hydrogens is 458 g/mol. The largest absolute Gasteiger partial charge is 0.488 e. The minimum atomic E-state index is -0.973. The maximum absolute atomic E-state index is 12.6. The molecule has 6 nitrogen and oxygen atoms in total. The third-order valence-corrected chi connectivity index (χ3v) is 5.75. The van der Waals surface area contributed by atoms with Crippen molar-refractivity contribution in [1.82, 2.24) is 4.90 Å². The molecule has 3 rings (SSSR count). The minimum absolute atomic E-state index is 0.246. The first kappa shape index (κ1) is 21.1. The third kappa shape index (κ3) is 4.89. The van der Waals surface area contributed by atoms with Gasteiger partial charge in [0.05, 0.1) is 16.5 Å². The van der Waals surface area contributed by atoms with Crippen LogP contribution >= 0.6 is 27.7 Å². The lowest BCUT2D eigenvalue weighted by molar-refractivity contribution is -0.148. The van der Waals surface area contributed by atoms with Crippen LogP contribution in [0, 0.1) is 0 Å². The van der Waals surface area contributed by atoms with E-state index in [9.17, 15) is 14.4 Å². The second-order valence-corrected chi connectivity index (χ2v) is 8.06. The lowest BCUT2D eigenvalue weighted by atomic mass is 10.2. The summed E-state index contributed by atoms with van der Waals surface area (Å²) in [7, 11) is 1.21. The Balaban J connectivity index is 1.73. The molecule has 0 saturated carbocycles. The standard InChI is InChI=1S/C21H18BrNO5S/c1-13(20(25)27-2)23-19(24)18(29-21(23)26)11-15-8-9-17(16(22)10-15)28-12-14-6-4-3-5-7-14/h3-11,13H,12H2,1-2H3/b18-11+/t13-/m0/s1. The summed E-state index contributed by atoms with van der Waals surface area (Å²) in [4.78, 5) is 37.6. The molecule has 1 aliphatic heterocycles. The predicted octanol–water partition coefficient (Wildman–Crippen LogP) is 4.63. The van der Waals surface area contributed by atoms with Crippen LogP contribution in [0.15, 0.2) is 57.9 Å². The molecular formula is C21H18BrNO5S. The van der Waals surface area contributed by atoms with Crippen LogP contribution in [0.1, 0.15) is 18.1 Å². The quantitative estimate of drug-likeness (QED) is 0.448. The summed E-state index contributed by atoms with van der Waals surface area (Å²) in [5.41, 5.74) is 1.78. The van der Waals surface area contributed by atoms with E-state index >= 15 is 0 Å². The Labute approximate surface area is 181 Å². The van der Waals surface area contributed by atoms with Gasteiger partial charge in [0.25, 0.3) is 11.1 Å². The molecule has 0 N–H and O–H groups in total. The maximum Gasteiger partial charge on any atom is 0.328 e. The van der Waals surface area contributed by atoms with Crippen molar-refractivity contribution in [1.29, 1.82) is 0 Å². The van der Waals surface area contributed by atoms with Gasteiger partial charge < -0.3 is 9.47 Å². The fourth-order valence-electron chi connectivity index (χ4n) is 2.70. The topological polar surface area (TPSA) is 72.9 Å². The number of hydrogen-bond acceptors (Lipinski definition) is 6. The van der Waals surface area contributed by atoms with E-state index in [1.165, 1.54) is 14.0 Å². The van der Waals surface area contributed by atoms with E-state index in [4.69, 9.17) is 4.74 Å². The van der Waals surface area contributed by atoms with Crippen LogP contribution in [-0.2, 0) is 20.9 Å². The van der Waals surface area contributed by atoms with Gasteiger partial charge in [-0.05, 0) is 64.0 Å². The molecule has 1 heterocycles. The summed E-state index contributed by atoms with van der Waals surface area (Å²) in [6.07, 6.45) is 1.61. The molecule has 1 atom stereocenters. The smallest absolute Gasteiger partial charge is 0.328 e. The van der Waals surface area contributed by atoms with Crippen LogP contribution in [0.4, 0.5) is 4.79 Å². The van der Waals surface area contributed by atoms with Gasteiger partial charge in [-0.2, -0.15) is 0 Å². The zero-order valence-electron chi connectivity index (χ0n) is 15.8. The highest BCUT2D eigenvalue weighted by molar-refractivity contribution is 9.10. The molecule has 2 aromatic carbocycles. The number of thioether (sulfide) groups is 1. The van der Waals surface area contributed by atoms with E-state index in [0.717, 1.165) is 32.3 Å². The monoisotopic (exact) mass is 475 g/mol. The van der Waals surface area contributed by atoms with Crippen molar-refractivity contribution in [2.75, 3.05) is 7.11 Å². The van der Waals surface area contributed by atoms with Crippen LogP contribution < -0.4 is 4.74 Å². The van der Waals surface area contributed by atoms with Crippen LogP contribution in [0.2, 0.25) is 0 Å². The number of amides is 2. The molecule has 29 heavy (non-hydrogen) atoms. The van der Waals surface area contributed by atoms with Crippen molar-refractivity contribution in [2.45, 2.75) is 19.6 Å². The average Bonchev–Trinajstić information content (AvgIpc) is 3.00. The van der Waals surface area contributed by atoms with Gasteiger partial charge in [0.2, 0.25) is 0 Å². The first-order chi connectivity index (χ1) is 13.9. The highest BCUT2D eigenvalue weighted by Crippen LogP contribution is 2.35. The molecule has 0 radical (unpaired) electrons. The van der Waals surface area contributed by atoms with Gasteiger partial charge in [-0.15, -0.1) is 0 Å². The number of hydrogen-bond donors (Lipinski definition) is 0.